The summed E-state index contributed by atoms with van der Waals surface area (Å²) in [5.41, 5.74) is 0. The average Bonchev–Trinajstić information content (AvgIpc) is 2.25. The first kappa shape index (κ1) is 16.3. The molecule has 0 aliphatic heterocycles. The summed E-state index contributed by atoms with van der Waals surface area (Å²) in [7, 11) is 0. The highest BCUT2D eigenvalue weighted by molar-refractivity contribution is 7.99. The molecule has 0 aromatic rings. The molecule has 0 saturated heterocycles. The summed E-state index contributed by atoms with van der Waals surface area (Å²) < 4.78 is 0. The largest absolute Gasteiger partial charge is 0.313 e. The van der Waals surface area contributed by atoms with E-state index >= 15 is 0 Å². The first-order valence-electron chi connectivity index (χ1n) is 7.05. The van der Waals surface area contributed by atoms with Crippen molar-refractivity contribution in [2.45, 2.75) is 77.5 Å². The molecule has 16 heavy (non-hydrogen) atoms. The van der Waals surface area contributed by atoms with E-state index in [4.69, 9.17) is 0 Å². The van der Waals surface area contributed by atoms with E-state index in [-0.39, 0.29) is 0 Å². The molecule has 0 heterocycles. The van der Waals surface area contributed by atoms with Crippen molar-refractivity contribution in [1.82, 2.24) is 5.32 Å². The molecule has 0 amide bonds. The minimum absolute atomic E-state index is 0.735. The van der Waals surface area contributed by atoms with Gasteiger partial charge in [0.05, 0.1) is 0 Å². The van der Waals surface area contributed by atoms with Crippen LogP contribution in [0.25, 0.3) is 0 Å². The maximum Gasteiger partial charge on any atom is 0.0158 e. The molecule has 0 aromatic carbocycles. The van der Waals surface area contributed by atoms with Gasteiger partial charge < -0.3 is 5.32 Å². The molecule has 1 nitrogen and oxygen atoms in total. The number of hydrogen-bond acceptors (Lipinski definition) is 2. The van der Waals surface area contributed by atoms with Gasteiger partial charge in [0, 0.05) is 11.8 Å². The lowest BCUT2D eigenvalue weighted by atomic mass is 10.1. The van der Waals surface area contributed by atoms with E-state index in [0.29, 0.717) is 0 Å². The Labute approximate surface area is 107 Å². The van der Waals surface area contributed by atoms with Crippen molar-refractivity contribution in [3.63, 3.8) is 0 Å². The highest BCUT2D eigenvalue weighted by atomic mass is 32.2. The van der Waals surface area contributed by atoms with E-state index in [0.717, 1.165) is 17.8 Å². The van der Waals surface area contributed by atoms with Crippen molar-refractivity contribution in [3.8, 4) is 0 Å². The van der Waals surface area contributed by atoms with Gasteiger partial charge in [-0.1, -0.05) is 59.8 Å². The fraction of sp³-hybridized carbons (Fsp3) is 1.00. The summed E-state index contributed by atoms with van der Waals surface area (Å²) in [6.07, 6.45) is 8.36. The predicted octanol–water partition coefficient (Wildman–Crippen LogP) is 4.47. The molecule has 1 atom stereocenters. The zero-order valence-corrected chi connectivity index (χ0v) is 12.5. The fourth-order valence-electron chi connectivity index (χ4n) is 1.84. The number of thioether (sulfide) groups is 1. The lowest BCUT2D eigenvalue weighted by Gasteiger charge is -2.18. The molecule has 0 fully saturated rings. The third kappa shape index (κ3) is 10.8. The number of nitrogens with one attached hydrogen (secondary N) is 1. The van der Waals surface area contributed by atoms with Crippen LogP contribution < -0.4 is 5.32 Å². The van der Waals surface area contributed by atoms with Crippen molar-refractivity contribution in [2.75, 3.05) is 12.3 Å². The minimum Gasteiger partial charge on any atom is -0.313 e. The summed E-state index contributed by atoms with van der Waals surface area (Å²) in [5, 5.41) is 4.37. The molecule has 0 saturated carbocycles. The van der Waals surface area contributed by atoms with E-state index in [1.807, 2.05) is 0 Å². The maximum atomic E-state index is 3.61. The lowest BCUT2D eigenvalue weighted by molar-refractivity contribution is 0.496. The van der Waals surface area contributed by atoms with Gasteiger partial charge in [0.25, 0.3) is 0 Å². The van der Waals surface area contributed by atoms with E-state index in [9.17, 15) is 0 Å². The maximum absolute atomic E-state index is 3.61. The summed E-state index contributed by atoms with van der Waals surface area (Å²) in [4.78, 5) is 0. The summed E-state index contributed by atoms with van der Waals surface area (Å²) >= 11 is 2.09. The molecule has 2 heteroatoms. The molecule has 98 valence electrons. The molecule has 1 unspecified atom stereocenters. The van der Waals surface area contributed by atoms with Crippen molar-refractivity contribution < 1.29 is 0 Å². The summed E-state index contributed by atoms with van der Waals surface area (Å²) in [5.74, 6) is 1.28. The van der Waals surface area contributed by atoms with Crippen LogP contribution in [-0.4, -0.2) is 23.6 Å². The summed E-state index contributed by atoms with van der Waals surface area (Å²) in [6, 6.07) is 0.735. The van der Waals surface area contributed by atoms with Gasteiger partial charge >= 0.3 is 0 Å². The number of rotatable bonds is 11. The third-order valence-corrected chi connectivity index (χ3v) is 4.04. The summed E-state index contributed by atoms with van der Waals surface area (Å²) in [6.45, 7) is 10.2. The standard InChI is InChI=1S/C14H31NS/c1-5-7-8-9-10-11-14(15-6-2)12-16-13(3)4/h13-15H,5-12H2,1-4H3. The van der Waals surface area contributed by atoms with E-state index in [1.165, 1.54) is 44.3 Å². The molecule has 0 radical (unpaired) electrons. The van der Waals surface area contributed by atoms with Crippen LogP contribution in [0.3, 0.4) is 0 Å². The predicted molar refractivity (Wildman–Crippen MR) is 78.4 cm³/mol. The topological polar surface area (TPSA) is 12.0 Å². The SMILES string of the molecule is CCCCCCCC(CSC(C)C)NCC. The Morgan fingerprint density at radius 1 is 1.00 bits per heavy atom. The highest BCUT2D eigenvalue weighted by Gasteiger charge is 2.07. The zero-order valence-electron chi connectivity index (χ0n) is 11.7. The quantitative estimate of drug-likeness (QED) is 0.539. The molecular formula is C14H31NS. The van der Waals surface area contributed by atoms with Gasteiger partial charge in [0.15, 0.2) is 0 Å². The molecule has 0 spiro atoms. The fourth-order valence-corrected chi connectivity index (χ4v) is 2.74. The van der Waals surface area contributed by atoms with Crippen molar-refractivity contribution >= 4 is 11.8 Å². The Hall–Kier alpha value is 0.310. The lowest BCUT2D eigenvalue weighted by Crippen LogP contribution is -2.31. The normalized spacial score (nSPS) is 13.3. The van der Waals surface area contributed by atoms with Crippen LogP contribution >= 0.6 is 11.8 Å². The third-order valence-electron chi connectivity index (χ3n) is 2.78. The van der Waals surface area contributed by atoms with Gasteiger partial charge in [0.2, 0.25) is 0 Å². The van der Waals surface area contributed by atoms with Gasteiger partial charge in [-0.2, -0.15) is 11.8 Å². The van der Waals surface area contributed by atoms with Gasteiger partial charge in [-0.3, -0.25) is 0 Å². The molecule has 0 aromatic heterocycles. The zero-order chi connectivity index (χ0) is 12.2. The van der Waals surface area contributed by atoms with Gasteiger partial charge in [0.1, 0.15) is 0 Å². The average molecular weight is 245 g/mol. The molecule has 0 rings (SSSR count). The highest BCUT2D eigenvalue weighted by Crippen LogP contribution is 2.15. The van der Waals surface area contributed by atoms with Crippen molar-refractivity contribution in [1.29, 1.82) is 0 Å². The second-order valence-electron chi connectivity index (χ2n) is 4.84. The van der Waals surface area contributed by atoms with Crippen LogP contribution in [0.4, 0.5) is 0 Å². The van der Waals surface area contributed by atoms with Gasteiger partial charge in [-0.15, -0.1) is 0 Å². The minimum atomic E-state index is 0.735. The Balaban J connectivity index is 3.51. The molecular weight excluding hydrogens is 214 g/mol. The first-order valence-corrected chi connectivity index (χ1v) is 8.10. The van der Waals surface area contributed by atoms with Crippen LogP contribution in [0, 0.1) is 0 Å². The van der Waals surface area contributed by atoms with Crippen LogP contribution in [-0.2, 0) is 0 Å². The Bertz CT molecular complexity index is 137. The second kappa shape index (κ2) is 11.8. The Morgan fingerprint density at radius 3 is 2.25 bits per heavy atom. The second-order valence-corrected chi connectivity index (χ2v) is 6.45. The van der Waals surface area contributed by atoms with Gasteiger partial charge in [-0.05, 0) is 18.2 Å². The van der Waals surface area contributed by atoms with Gasteiger partial charge in [-0.25, -0.2) is 0 Å². The van der Waals surface area contributed by atoms with Crippen LogP contribution in [0.5, 0.6) is 0 Å². The van der Waals surface area contributed by atoms with E-state index in [2.05, 4.69) is 44.8 Å². The molecule has 0 bridgehead atoms. The van der Waals surface area contributed by atoms with Crippen LogP contribution in [0.1, 0.15) is 66.2 Å². The monoisotopic (exact) mass is 245 g/mol. The van der Waals surface area contributed by atoms with Crippen molar-refractivity contribution in [2.24, 2.45) is 0 Å². The number of unbranched alkanes of at least 4 members (excludes halogenated alkanes) is 4. The van der Waals surface area contributed by atoms with E-state index in [1.54, 1.807) is 0 Å². The first-order chi connectivity index (χ1) is 7.70. The molecule has 1 N–H and O–H groups in total. The Morgan fingerprint density at radius 2 is 1.69 bits per heavy atom. The molecule has 0 aliphatic rings. The van der Waals surface area contributed by atoms with E-state index < -0.39 is 0 Å². The Kier molecular flexibility index (Phi) is 12.0. The van der Waals surface area contributed by atoms with Crippen molar-refractivity contribution in [3.05, 3.63) is 0 Å². The smallest absolute Gasteiger partial charge is 0.0158 e. The van der Waals surface area contributed by atoms with Crippen LogP contribution in [0.15, 0.2) is 0 Å². The van der Waals surface area contributed by atoms with Crippen LogP contribution in [0.2, 0.25) is 0 Å². The molecule has 0 aliphatic carbocycles. The number of hydrogen-bond donors (Lipinski definition) is 1.